The molecule has 108 valence electrons. The van der Waals surface area contributed by atoms with Crippen molar-refractivity contribution in [2.24, 2.45) is 5.92 Å². The molecule has 2 unspecified atom stereocenters. The zero-order valence-corrected chi connectivity index (χ0v) is 12.9. The van der Waals surface area contributed by atoms with Crippen molar-refractivity contribution in [1.82, 2.24) is 5.32 Å². The normalized spacial score (nSPS) is 14.2. The van der Waals surface area contributed by atoms with Crippen LogP contribution in [0.2, 0.25) is 0 Å². The van der Waals surface area contributed by atoms with E-state index in [4.69, 9.17) is 4.74 Å². The van der Waals surface area contributed by atoms with Gasteiger partial charge < -0.3 is 10.1 Å². The molecule has 0 saturated heterocycles. The second-order valence-corrected chi connectivity index (χ2v) is 5.43. The van der Waals surface area contributed by atoms with E-state index in [1.165, 1.54) is 29.2 Å². The van der Waals surface area contributed by atoms with Gasteiger partial charge in [0.1, 0.15) is 5.75 Å². The van der Waals surface area contributed by atoms with Crippen LogP contribution in [-0.4, -0.2) is 14.2 Å². The molecule has 0 bridgehead atoms. The standard InChI is InChI=1S/C18H25NO/c1-5-8-13(2)18(19-3)16-11-12-17(20-4)15-10-7-6-9-14(15)16/h6-7,9-13,18-19H,5,8H2,1-4H3. The second kappa shape index (κ2) is 6.76. The van der Waals surface area contributed by atoms with Gasteiger partial charge in [-0.15, -0.1) is 0 Å². The summed E-state index contributed by atoms with van der Waals surface area (Å²) in [6.07, 6.45) is 2.44. The maximum atomic E-state index is 5.48. The molecule has 20 heavy (non-hydrogen) atoms. The van der Waals surface area contributed by atoms with E-state index < -0.39 is 0 Å². The van der Waals surface area contributed by atoms with Gasteiger partial charge in [0.2, 0.25) is 0 Å². The highest BCUT2D eigenvalue weighted by atomic mass is 16.5. The summed E-state index contributed by atoms with van der Waals surface area (Å²) in [7, 11) is 3.78. The monoisotopic (exact) mass is 271 g/mol. The van der Waals surface area contributed by atoms with Crippen molar-refractivity contribution >= 4 is 10.8 Å². The van der Waals surface area contributed by atoms with Crippen molar-refractivity contribution < 1.29 is 4.74 Å². The maximum absolute atomic E-state index is 5.48. The number of hydrogen-bond donors (Lipinski definition) is 1. The van der Waals surface area contributed by atoms with E-state index in [1.807, 2.05) is 0 Å². The summed E-state index contributed by atoms with van der Waals surface area (Å²) in [5.74, 6) is 1.56. The molecule has 1 N–H and O–H groups in total. The molecule has 0 radical (unpaired) electrons. The highest BCUT2D eigenvalue weighted by Crippen LogP contribution is 2.35. The molecule has 0 heterocycles. The predicted octanol–water partition coefficient (Wildman–Crippen LogP) is 4.55. The van der Waals surface area contributed by atoms with Crippen LogP contribution in [-0.2, 0) is 0 Å². The van der Waals surface area contributed by atoms with Gasteiger partial charge in [-0.1, -0.05) is 50.6 Å². The first-order chi connectivity index (χ1) is 9.72. The SMILES string of the molecule is CCCC(C)C(NC)c1ccc(OC)c2ccccc12. The Hall–Kier alpha value is -1.54. The number of methoxy groups -OCH3 is 1. The molecule has 0 aromatic heterocycles. The fraction of sp³-hybridized carbons (Fsp3) is 0.444. The summed E-state index contributed by atoms with van der Waals surface area (Å²) in [5, 5.41) is 5.97. The minimum Gasteiger partial charge on any atom is -0.496 e. The summed E-state index contributed by atoms with van der Waals surface area (Å²) in [6, 6.07) is 13.2. The lowest BCUT2D eigenvalue weighted by atomic mass is 9.88. The Bertz CT molecular complexity index is 564. The third-order valence-electron chi connectivity index (χ3n) is 4.10. The molecule has 0 aliphatic carbocycles. The third kappa shape index (κ3) is 2.80. The van der Waals surface area contributed by atoms with Gasteiger partial charge >= 0.3 is 0 Å². The highest BCUT2D eigenvalue weighted by molar-refractivity contribution is 5.91. The number of fused-ring (bicyclic) bond motifs is 1. The number of nitrogens with one attached hydrogen (secondary N) is 1. The van der Waals surface area contributed by atoms with Crippen molar-refractivity contribution in [3.8, 4) is 5.75 Å². The van der Waals surface area contributed by atoms with Crippen molar-refractivity contribution in [2.45, 2.75) is 32.7 Å². The molecular formula is C18H25NO. The van der Waals surface area contributed by atoms with E-state index in [1.54, 1.807) is 7.11 Å². The number of hydrogen-bond acceptors (Lipinski definition) is 2. The fourth-order valence-corrected chi connectivity index (χ4v) is 3.11. The first-order valence-corrected chi connectivity index (χ1v) is 7.45. The smallest absolute Gasteiger partial charge is 0.126 e. The van der Waals surface area contributed by atoms with Crippen LogP contribution in [0.4, 0.5) is 0 Å². The minimum atomic E-state index is 0.380. The lowest BCUT2D eigenvalue weighted by Gasteiger charge is -2.25. The number of rotatable bonds is 6. The highest BCUT2D eigenvalue weighted by Gasteiger charge is 2.19. The first-order valence-electron chi connectivity index (χ1n) is 7.45. The van der Waals surface area contributed by atoms with Crippen molar-refractivity contribution in [1.29, 1.82) is 0 Å². The summed E-state index contributed by atoms with van der Waals surface area (Å²) in [5.41, 5.74) is 1.37. The van der Waals surface area contributed by atoms with Gasteiger partial charge in [0.05, 0.1) is 7.11 Å². The topological polar surface area (TPSA) is 21.3 Å². The third-order valence-corrected chi connectivity index (χ3v) is 4.10. The summed E-state index contributed by atoms with van der Waals surface area (Å²) >= 11 is 0. The van der Waals surface area contributed by atoms with E-state index in [2.05, 4.69) is 62.6 Å². The maximum Gasteiger partial charge on any atom is 0.126 e. The molecule has 2 rings (SSSR count). The van der Waals surface area contributed by atoms with Gasteiger partial charge in [-0.05, 0) is 36.4 Å². The van der Waals surface area contributed by atoms with Crippen molar-refractivity contribution in [2.75, 3.05) is 14.2 Å². The molecule has 2 aromatic carbocycles. The minimum absolute atomic E-state index is 0.380. The van der Waals surface area contributed by atoms with Gasteiger partial charge in [-0.25, -0.2) is 0 Å². The molecule has 0 aliphatic rings. The average Bonchev–Trinajstić information content (AvgIpc) is 2.48. The summed E-state index contributed by atoms with van der Waals surface area (Å²) < 4.78 is 5.48. The summed E-state index contributed by atoms with van der Waals surface area (Å²) in [6.45, 7) is 4.57. The van der Waals surface area contributed by atoms with Crippen LogP contribution in [0.3, 0.4) is 0 Å². The number of benzene rings is 2. The second-order valence-electron chi connectivity index (χ2n) is 5.43. The van der Waals surface area contributed by atoms with Crippen LogP contribution < -0.4 is 10.1 Å². The molecule has 2 heteroatoms. The van der Waals surface area contributed by atoms with E-state index >= 15 is 0 Å². The van der Waals surface area contributed by atoms with E-state index in [-0.39, 0.29) is 0 Å². The molecule has 0 fully saturated rings. The summed E-state index contributed by atoms with van der Waals surface area (Å²) in [4.78, 5) is 0. The zero-order chi connectivity index (χ0) is 14.5. The van der Waals surface area contributed by atoms with Gasteiger partial charge in [-0.3, -0.25) is 0 Å². The van der Waals surface area contributed by atoms with Gasteiger partial charge in [-0.2, -0.15) is 0 Å². The molecule has 2 aromatic rings. The Balaban J connectivity index is 2.53. The van der Waals surface area contributed by atoms with E-state index in [0.29, 0.717) is 12.0 Å². The Labute approximate surface area is 122 Å². The zero-order valence-electron chi connectivity index (χ0n) is 12.9. The van der Waals surface area contributed by atoms with Gasteiger partial charge in [0.25, 0.3) is 0 Å². The predicted molar refractivity (Wildman–Crippen MR) is 86.4 cm³/mol. The van der Waals surface area contributed by atoms with Crippen LogP contribution in [0.15, 0.2) is 36.4 Å². The van der Waals surface area contributed by atoms with Crippen LogP contribution >= 0.6 is 0 Å². The molecular weight excluding hydrogens is 246 g/mol. The molecule has 0 spiro atoms. The molecule has 0 saturated carbocycles. The molecule has 2 atom stereocenters. The Morgan fingerprint density at radius 1 is 1.10 bits per heavy atom. The molecule has 0 aliphatic heterocycles. The van der Waals surface area contributed by atoms with Crippen molar-refractivity contribution in [3.63, 3.8) is 0 Å². The average molecular weight is 271 g/mol. The fourth-order valence-electron chi connectivity index (χ4n) is 3.11. The van der Waals surface area contributed by atoms with Crippen LogP contribution in [0, 0.1) is 5.92 Å². The largest absolute Gasteiger partial charge is 0.496 e. The Morgan fingerprint density at radius 2 is 1.80 bits per heavy atom. The molecule has 2 nitrogen and oxygen atoms in total. The van der Waals surface area contributed by atoms with Crippen LogP contribution in [0.1, 0.15) is 38.3 Å². The molecule has 0 amide bonds. The number of ether oxygens (including phenoxy) is 1. The van der Waals surface area contributed by atoms with Gasteiger partial charge in [0.15, 0.2) is 0 Å². The van der Waals surface area contributed by atoms with E-state index in [9.17, 15) is 0 Å². The van der Waals surface area contributed by atoms with Gasteiger partial charge in [0, 0.05) is 11.4 Å². The lowest BCUT2D eigenvalue weighted by Crippen LogP contribution is -2.23. The Kier molecular flexibility index (Phi) is 5.02. The quantitative estimate of drug-likeness (QED) is 0.832. The van der Waals surface area contributed by atoms with Crippen LogP contribution in [0.5, 0.6) is 5.75 Å². The Morgan fingerprint density at radius 3 is 2.40 bits per heavy atom. The lowest BCUT2D eigenvalue weighted by molar-refractivity contribution is 0.385. The first kappa shape index (κ1) is 14.9. The van der Waals surface area contributed by atoms with Crippen molar-refractivity contribution in [3.05, 3.63) is 42.0 Å². The van der Waals surface area contributed by atoms with Crippen LogP contribution in [0.25, 0.3) is 10.8 Å². The van der Waals surface area contributed by atoms with E-state index in [0.717, 1.165) is 5.75 Å².